The fourth-order valence-electron chi connectivity index (χ4n) is 1.30. The van der Waals surface area contributed by atoms with Crippen molar-refractivity contribution in [1.29, 1.82) is 5.26 Å². The fraction of sp³-hybridized carbons (Fsp3) is 0.385. The molecule has 0 heterocycles. The van der Waals surface area contributed by atoms with Gasteiger partial charge in [-0.2, -0.15) is 5.26 Å². The largest absolute Gasteiger partial charge is 0.376 e. The van der Waals surface area contributed by atoms with E-state index in [0.717, 1.165) is 5.69 Å². The van der Waals surface area contributed by atoms with E-state index in [1.807, 2.05) is 49.3 Å². The lowest BCUT2D eigenvalue weighted by Crippen LogP contribution is -2.29. The van der Waals surface area contributed by atoms with Crippen molar-refractivity contribution < 1.29 is 4.79 Å². The number of hydrogen-bond donors (Lipinski definition) is 1. The van der Waals surface area contributed by atoms with Crippen LogP contribution >= 0.6 is 0 Å². The van der Waals surface area contributed by atoms with Gasteiger partial charge in [-0.1, -0.05) is 12.1 Å². The van der Waals surface area contributed by atoms with E-state index in [1.165, 1.54) is 0 Å². The van der Waals surface area contributed by atoms with Gasteiger partial charge in [0.1, 0.15) is 5.41 Å². The standard InChI is InChI=1S/C13H17N3O/c1-13(2,9-14)12(17)15-10-7-5-6-8-11(10)16(3)4/h5-8H,1-4H3,(H,15,17). The molecule has 1 N–H and O–H groups in total. The molecule has 90 valence electrons. The molecule has 1 aromatic carbocycles. The molecule has 0 aliphatic carbocycles. The van der Waals surface area contributed by atoms with Crippen LogP contribution in [0.1, 0.15) is 13.8 Å². The molecule has 0 aromatic heterocycles. The van der Waals surface area contributed by atoms with E-state index in [9.17, 15) is 4.79 Å². The molecule has 0 fully saturated rings. The maximum absolute atomic E-state index is 11.9. The first-order valence-electron chi connectivity index (χ1n) is 5.37. The van der Waals surface area contributed by atoms with E-state index >= 15 is 0 Å². The molecule has 0 aliphatic heterocycles. The Morgan fingerprint density at radius 2 is 1.94 bits per heavy atom. The summed E-state index contributed by atoms with van der Waals surface area (Å²) in [6.07, 6.45) is 0. The van der Waals surface area contributed by atoms with Gasteiger partial charge in [0.05, 0.1) is 17.4 Å². The van der Waals surface area contributed by atoms with Gasteiger partial charge in [-0.15, -0.1) is 0 Å². The lowest BCUT2D eigenvalue weighted by Gasteiger charge is -2.20. The maximum atomic E-state index is 11.9. The van der Waals surface area contributed by atoms with Crippen molar-refractivity contribution in [1.82, 2.24) is 0 Å². The summed E-state index contributed by atoms with van der Waals surface area (Å²) >= 11 is 0. The normalized spacial score (nSPS) is 10.5. The highest BCUT2D eigenvalue weighted by Gasteiger charge is 2.27. The van der Waals surface area contributed by atoms with E-state index in [4.69, 9.17) is 5.26 Å². The minimum Gasteiger partial charge on any atom is -0.376 e. The molecule has 1 amide bonds. The highest BCUT2D eigenvalue weighted by Crippen LogP contribution is 2.25. The van der Waals surface area contributed by atoms with Crippen molar-refractivity contribution in [3.8, 4) is 6.07 Å². The highest BCUT2D eigenvalue weighted by molar-refractivity contribution is 5.99. The van der Waals surface area contributed by atoms with Crippen LogP contribution < -0.4 is 10.2 Å². The van der Waals surface area contributed by atoms with Crippen LogP contribution in [0.15, 0.2) is 24.3 Å². The van der Waals surface area contributed by atoms with Gasteiger partial charge in [-0.25, -0.2) is 0 Å². The number of nitrogens with one attached hydrogen (secondary N) is 1. The molecule has 1 rings (SSSR count). The zero-order valence-corrected chi connectivity index (χ0v) is 10.6. The predicted octanol–water partition coefficient (Wildman–Crippen LogP) is 2.24. The summed E-state index contributed by atoms with van der Waals surface area (Å²) in [5.74, 6) is -0.297. The van der Waals surface area contributed by atoms with E-state index in [1.54, 1.807) is 13.8 Å². The van der Waals surface area contributed by atoms with Crippen LogP contribution in [-0.4, -0.2) is 20.0 Å². The molecule has 4 nitrogen and oxygen atoms in total. The lowest BCUT2D eigenvalue weighted by atomic mass is 9.94. The van der Waals surface area contributed by atoms with Gasteiger partial charge < -0.3 is 10.2 Å². The van der Waals surface area contributed by atoms with E-state index in [-0.39, 0.29) is 5.91 Å². The zero-order chi connectivity index (χ0) is 13.1. The summed E-state index contributed by atoms with van der Waals surface area (Å²) in [5, 5.41) is 11.7. The molecule has 17 heavy (non-hydrogen) atoms. The van der Waals surface area contributed by atoms with E-state index in [2.05, 4.69) is 5.32 Å². The van der Waals surface area contributed by atoms with Crippen molar-refractivity contribution in [2.45, 2.75) is 13.8 Å². The second-order valence-electron chi connectivity index (χ2n) is 4.60. The van der Waals surface area contributed by atoms with Crippen LogP contribution in [0, 0.1) is 16.7 Å². The number of amides is 1. The van der Waals surface area contributed by atoms with Gasteiger partial charge in [-0.3, -0.25) is 4.79 Å². The smallest absolute Gasteiger partial charge is 0.244 e. The molecule has 0 unspecified atom stereocenters. The molecular weight excluding hydrogens is 214 g/mol. The van der Waals surface area contributed by atoms with Crippen molar-refractivity contribution in [2.75, 3.05) is 24.3 Å². The number of carbonyl (C=O) groups is 1. The van der Waals surface area contributed by atoms with Crippen LogP contribution in [0.5, 0.6) is 0 Å². The maximum Gasteiger partial charge on any atom is 0.244 e. The molecule has 0 spiro atoms. The van der Waals surface area contributed by atoms with Crippen LogP contribution in [0.3, 0.4) is 0 Å². The van der Waals surface area contributed by atoms with Crippen molar-refractivity contribution in [3.05, 3.63) is 24.3 Å². The van der Waals surface area contributed by atoms with Gasteiger partial charge in [0, 0.05) is 14.1 Å². The monoisotopic (exact) mass is 231 g/mol. The Kier molecular flexibility index (Phi) is 3.74. The Bertz CT molecular complexity index is 458. The second kappa shape index (κ2) is 4.88. The summed E-state index contributed by atoms with van der Waals surface area (Å²) in [6.45, 7) is 3.20. The lowest BCUT2D eigenvalue weighted by molar-refractivity contribution is -0.121. The number of rotatable bonds is 3. The van der Waals surface area contributed by atoms with Gasteiger partial charge in [0.2, 0.25) is 5.91 Å². The third-order valence-electron chi connectivity index (χ3n) is 2.48. The van der Waals surface area contributed by atoms with Crippen LogP contribution in [0.25, 0.3) is 0 Å². The average Bonchev–Trinajstić information content (AvgIpc) is 2.29. The van der Waals surface area contributed by atoms with Gasteiger partial charge in [-0.05, 0) is 26.0 Å². The summed E-state index contributed by atoms with van der Waals surface area (Å²) in [7, 11) is 3.81. The number of carbonyl (C=O) groups excluding carboxylic acids is 1. The van der Waals surface area contributed by atoms with Crippen molar-refractivity contribution in [3.63, 3.8) is 0 Å². The highest BCUT2D eigenvalue weighted by atomic mass is 16.2. The molecule has 4 heteroatoms. The summed E-state index contributed by atoms with van der Waals surface area (Å²) < 4.78 is 0. The minimum atomic E-state index is -1.03. The third-order valence-corrected chi connectivity index (χ3v) is 2.48. The average molecular weight is 231 g/mol. The fourth-order valence-corrected chi connectivity index (χ4v) is 1.30. The number of anilines is 2. The minimum absolute atomic E-state index is 0.297. The SMILES string of the molecule is CN(C)c1ccccc1NC(=O)C(C)(C)C#N. The Hall–Kier alpha value is -2.02. The first kappa shape index (κ1) is 13.0. The Morgan fingerprint density at radius 3 is 2.47 bits per heavy atom. The second-order valence-corrected chi connectivity index (χ2v) is 4.60. The quantitative estimate of drug-likeness (QED) is 0.868. The molecule has 1 aromatic rings. The zero-order valence-electron chi connectivity index (χ0n) is 10.6. The Labute approximate surface area is 102 Å². The number of nitrogens with zero attached hydrogens (tertiary/aromatic N) is 2. The summed E-state index contributed by atoms with van der Waals surface area (Å²) in [6, 6.07) is 9.47. The number of hydrogen-bond acceptors (Lipinski definition) is 3. The molecule has 0 saturated carbocycles. The van der Waals surface area contributed by atoms with Gasteiger partial charge in [0.15, 0.2) is 0 Å². The molecule has 0 atom stereocenters. The predicted molar refractivity (Wildman–Crippen MR) is 68.8 cm³/mol. The first-order chi connectivity index (χ1) is 7.88. The van der Waals surface area contributed by atoms with Gasteiger partial charge >= 0.3 is 0 Å². The molecule has 0 saturated heterocycles. The van der Waals surface area contributed by atoms with Gasteiger partial charge in [0.25, 0.3) is 0 Å². The molecule has 0 aliphatic rings. The van der Waals surface area contributed by atoms with Crippen molar-refractivity contribution >= 4 is 17.3 Å². The van der Waals surface area contributed by atoms with Crippen LogP contribution in [-0.2, 0) is 4.79 Å². The van der Waals surface area contributed by atoms with Crippen LogP contribution in [0.4, 0.5) is 11.4 Å². The number of para-hydroxylation sites is 2. The first-order valence-corrected chi connectivity index (χ1v) is 5.37. The Morgan fingerprint density at radius 1 is 1.35 bits per heavy atom. The molecule has 0 radical (unpaired) electrons. The van der Waals surface area contributed by atoms with Crippen molar-refractivity contribution in [2.24, 2.45) is 5.41 Å². The van der Waals surface area contributed by atoms with E-state index < -0.39 is 5.41 Å². The molecule has 0 bridgehead atoms. The molecular formula is C13H17N3O. The number of benzene rings is 1. The topological polar surface area (TPSA) is 56.1 Å². The summed E-state index contributed by atoms with van der Waals surface area (Å²) in [4.78, 5) is 13.8. The van der Waals surface area contributed by atoms with E-state index in [0.29, 0.717) is 5.69 Å². The Balaban J connectivity index is 2.98. The number of nitriles is 1. The summed E-state index contributed by atoms with van der Waals surface area (Å²) in [5.41, 5.74) is 0.597. The van der Waals surface area contributed by atoms with Crippen LogP contribution in [0.2, 0.25) is 0 Å². The third kappa shape index (κ3) is 2.97.